The third-order valence-electron chi connectivity index (χ3n) is 4.83. The lowest BCUT2D eigenvalue weighted by atomic mass is 10.1. The lowest BCUT2D eigenvalue weighted by Crippen LogP contribution is -2.52. The van der Waals surface area contributed by atoms with E-state index >= 15 is 0 Å². The van der Waals surface area contributed by atoms with Crippen LogP contribution in [-0.4, -0.2) is 54.5 Å². The topological polar surface area (TPSA) is 90.3 Å². The smallest absolute Gasteiger partial charge is 0.321 e. The van der Waals surface area contributed by atoms with Crippen molar-refractivity contribution >= 4 is 47.5 Å². The number of anilines is 2. The van der Waals surface area contributed by atoms with Gasteiger partial charge in [-0.2, -0.15) is 13.2 Å². The summed E-state index contributed by atoms with van der Waals surface area (Å²) < 4.78 is 38.9. The lowest BCUT2D eigenvalue weighted by Gasteiger charge is -2.36. The number of benzene rings is 1. The van der Waals surface area contributed by atoms with Crippen molar-refractivity contribution in [3.8, 4) is 0 Å². The summed E-state index contributed by atoms with van der Waals surface area (Å²) in [5.74, 6) is -0.341. The van der Waals surface area contributed by atoms with Crippen LogP contribution in [-0.2, 0) is 6.18 Å². The Morgan fingerprint density at radius 1 is 1.35 bits per heavy atom. The van der Waals surface area contributed by atoms with Gasteiger partial charge in [-0.1, -0.05) is 17.7 Å². The second-order valence-corrected chi connectivity index (χ2v) is 7.49. The van der Waals surface area contributed by atoms with Crippen molar-refractivity contribution < 1.29 is 22.8 Å². The summed E-state index contributed by atoms with van der Waals surface area (Å²) >= 11 is 6.24. The molecule has 3 rings (SSSR count). The van der Waals surface area contributed by atoms with E-state index in [2.05, 4.69) is 27.0 Å². The summed E-state index contributed by atoms with van der Waals surface area (Å²) in [4.78, 5) is 40.4. The molecule has 0 bridgehead atoms. The lowest BCUT2D eigenvalue weighted by molar-refractivity contribution is -0.137. The van der Waals surface area contributed by atoms with Gasteiger partial charge in [-0.25, -0.2) is 9.78 Å². The van der Waals surface area contributed by atoms with E-state index in [0.717, 1.165) is 18.2 Å². The van der Waals surface area contributed by atoms with E-state index in [-0.39, 0.29) is 28.6 Å². The summed E-state index contributed by atoms with van der Waals surface area (Å²) in [6, 6.07) is 4.98. The first kappa shape index (κ1) is 24.9. The fraction of sp³-hybridized carbons (Fsp3) is 0.227. The first-order chi connectivity index (χ1) is 16.1. The molecule has 178 valence electrons. The Morgan fingerprint density at radius 2 is 2.09 bits per heavy atom. The molecule has 0 radical (unpaired) electrons. The number of amides is 3. The number of alkyl halides is 3. The number of amidine groups is 1. The third-order valence-corrected chi connectivity index (χ3v) is 5.12. The monoisotopic (exact) mass is 492 g/mol. The molecule has 0 spiro atoms. The van der Waals surface area contributed by atoms with Crippen molar-refractivity contribution in [2.75, 3.05) is 30.4 Å². The van der Waals surface area contributed by atoms with Crippen molar-refractivity contribution in [1.82, 2.24) is 9.88 Å². The first-order valence-corrected chi connectivity index (χ1v) is 10.3. The second kappa shape index (κ2) is 10.0. The zero-order chi connectivity index (χ0) is 25.0. The number of hydrogen-bond acceptors (Lipinski definition) is 5. The molecule has 0 atom stereocenters. The van der Waals surface area contributed by atoms with Gasteiger partial charge in [0.1, 0.15) is 5.84 Å². The first-order valence-electron chi connectivity index (χ1n) is 9.95. The minimum Gasteiger partial charge on any atom is -0.321 e. The number of aliphatic imine (C=N–C) groups is 2. The molecule has 34 heavy (non-hydrogen) atoms. The third kappa shape index (κ3) is 5.25. The molecule has 2 aromatic rings. The highest BCUT2D eigenvalue weighted by Gasteiger charge is 2.34. The fourth-order valence-electron chi connectivity index (χ4n) is 3.28. The van der Waals surface area contributed by atoms with E-state index in [1.165, 1.54) is 34.3 Å². The zero-order valence-corrected chi connectivity index (χ0v) is 19.0. The number of likely N-dealkylation sites (N-methyl/N-ethyl adjacent to an activating group) is 1. The van der Waals surface area contributed by atoms with Gasteiger partial charge in [-0.05, 0) is 37.9 Å². The Kier molecular flexibility index (Phi) is 7.35. The number of carbonyl (C=O) groups excluding carboxylic acids is 2. The second-order valence-electron chi connectivity index (χ2n) is 7.13. The van der Waals surface area contributed by atoms with Crippen molar-refractivity contribution in [1.29, 1.82) is 0 Å². The molecule has 0 unspecified atom stereocenters. The molecular weight excluding hydrogens is 473 g/mol. The zero-order valence-electron chi connectivity index (χ0n) is 18.2. The summed E-state index contributed by atoms with van der Waals surface area (Å²) in [6.07, 6.45) is -1.87. The number of nitrogens with zero attached hydrogens (tertiary/aromatic N) is 5. The molecule has 12 heteroatoms. The SMILES string of the molecule is C=N/C=C1/CN(c2cc(NC(=O)c3cccc(C(F)(F)F)c3)cnc2Cl)C(=O)N(C)/C1=N/CC. The Hall–Kier alpha value is -3.73. The highest BCUT2D eigenvalue weighted by atomic mass is 35.5. The van der Waals surface area contributed by atoms with Crippen LogP contribution in [0.5, 0.6) is 0 Å². The minimum atomic E-state index is -4.59. The molecule has 1 aromatic carbocycles. The summed E-state index contributed by atoms with van der Waals surface area (Å²) in [6.45, 7) is 5.78. The van der Waals surface area contributed by atoms with Crippen molar-refractivity contribution in [3.05, 3.63) is 64.6 Å². The maximum atomic E-state index is 13.0. The average Bonchev–Trinajstić information content (AvgIpc) is 2.79. The molecular formula is C22H20ClF3N6O2. The number of halogens is 4. The van der Waals surface area contributed by atoms with Crippen LogP contribution in [0.15, 0.2) is 58.3 Å². The van der Waals surface area contributed by atoms with Gasteiger partial charge in [0.2, 0.25) is 0 Å². The van der Waals surface area contributed by atoms with Gasteiger partial charge in [0.25, 0.3) is 5.91 Å². The molecule has 0 saturated carbocycles. The van der Waals surface area contributed by atoms with Crippen LogP contribution < -0.4 is 10.2 Å². The Labute approximate surface area is 198 Å². The standard InChI is InChI=1S/C22H20ClF3N6O2/c1-4-28-19-14(10-27-2)12-32(21(34)31(19)3)17-9-16(11-29-18(17)23)30-20(33)13-6-5-7-15(8-13)22(24,25)26/h5-11H,2,4,12H2,1,3H3,(H,30,33)/b14-10-,28-19+. The van der Waals surface area contributed by atoms with Crippen LogP contribution in [0.4, 0.5) is 29.3 Å². The van der Waals surface area contributed by atoms with Gasteiger partial charge in [0, 0.05) is 30.9 Å². The van der Waals surface area contributed by atoms with Crippen LogP contribution in [0.25, 0.3) is 0 Å². The number of hydrogen-bond donors (Lipinski definition) is 1. The van der Waals surface area contributed by atoms with E-state index in [9.17, 15) is 22.8 Å². The van der Waals surface area contributed by atoms with Crippen molar-refractivity contribution in [2.45, 2.75) is 13.1 Å². The average molecular weight is 493 g/mol. The van der Waals surface area contributed by atoms with Gasteiger partial charge in [-0.15, -0.1) is 0 Å². The predicted octanol–water partition coefficient (Wildman–Crippen LogP) is 4.88. The van der Waals surface area contributed by atoms with E-state index in [1.807, 2.05) is 6.92 Å². The Bertz CT molecular complexity index is 1200. The summed E-state index contributed by atoms with van der Waals surface area (Å²) in [5.41, 5.74) is -0.212. The number of pyridine rings is 1. The Balaban J connectivity index is 1.91. The van der Waals surface area contributed by atoms with Crippen molar-refractivity contribution in [3.63, 3.8) is 0 Å². The minimum absolute atomic E-state index is 0.0133. The number of nitrogens with one attached hydrogen (secondary N) is 1. The molecule has 0 aliphatic carbocycles. The van der Waals surface area contributed by atoms with E-state index in [1.54, 1.807) is 7.05 Å². The molecule has 1 aliphatic heterocycles. The Morgan fingerprint density at radius 3 is 2.74 bits per heavy atom. The molecule has 1 saturated heterocycles. The normalized spacial score (nSPS) is 16.8. The predicted molar refractivity (Wildman–Crippen MR) is 125 cm³/mol. The van der Waals surface area contributed by atoms with E-state index in [4.69, 9.17) is 11.6 Å². The molecule has 8 nitrogen and oxygen atoms in total. The largest absolute Gasteiger partial charge is 0.416 e. The van der Waals surface area contributed by atoms with Crippen LogP contribution in [0.1, 0.15) is 22.8 Å². The molecule has 1 N–H and O–H groups in total. The maximum absolute atomic E-state index is 13.0. The summed E-state index contributed by atoms with van der Waals surface area (Å²) in [7, 11) is 1.54. The van der Waals surface area contributed by atoms with Gasteiger partial charge in [-0.3, -0.25) is 24.6 Å². The number of aromatic nitrogens is 1. The molecule has 1 aliphatic rings. The van der Waals surface area contributed by atoms with E-state index < -0.39 is 23.7 Å². The molecule has 1 aromatic heterocycles. The van der Waals surface area contributed by atoms with E-state index in [0.29, 0.717) is 18.0 Å². The molecule has 2 heterocycles. The number of carbonyl (C=O) groups is 2. The highest BCUT2D eigenvalue weighted by Crippen LogP contribution is 2.32. The quantitative estimate of drug-likeness (QED) is 0.476. The van der Waals surface area contributed by atoms with Gasteiger partial charge < -0.3 is 5.32 Å². The molecule has 3 amide bonds. The van der Waals surface area contributed by atoms with Crippen LogP contribution in [0.3, 0.4) is 0 Å². The summed E-state index contributed by atoms with van der Waals surface area (Å²) in [5, 5.41) is 2.48. The van der Waals surface area contributed by atoms with Gasteiger partial charge >= 0.3 is 12.2 Å². The number of rotatable bonds is 5. The van der Waals surface area contributed by atoms with Crippen LogP contribution >= 0.6 is 11.6 Å². The number of urea groups is 1. The van der Waals surface area contributed by atoms with Crippen LogP contribution in [0, 0.1) is 0 Å². The maximum Gasteiger partial charge on any atom is 0.416 e. The van der Waals surface area contributed by atoms with Gasteiger partial charge in [0.05, 0.1) is 29.7 Å². The van der Waals surface area contributed by atoms with Gasteiger partial charge in [0.15, 0.2) is 5.15 Å². The highest BCUT2D eigenvalue weighted by molar-refractivity contribution is 6.33. The fourth-order valence-corrected chi connectivity index (χ4v) is 3.49. The molecule has 1 fully saturated rings. The van der Waals surface area contributed by atoms with Crippen molar-refractivity contribution in [2.24, 2.45) is 9.98 Å². The van der Waals surface area contributed by atoms with Crippen LogP contribution in [0.2, 0.25) is 5.15 Å².